The molecule has 0 saturated heterocycles. The van der Waals surface area contributed by atoms with Crippen molar-refractivity contribution in [2.75, 3.05) is 7.11 Å². The van der Waals surface area contributed by atoms with Crippen LogP contribution >= 0.6 is 0 Å². The predicted molar refractivity (Wildman–Crippen MR) is 45.8 cm³/mol. The average molecular weight is 161 g/mol. The zero-order valence-corrected chi connectivity index (χ0v) is 7.03. The van der Waals surface area contributed by atoms with Crippen LogP contribution in [-0.4, -0.2) is 16.8 Å². The Bertz CT molecular complexity index is 406. The summed E-state index contributed by atoms with van der Waals surface area (Å²) in [5.41, 5.74) is 3.04. The second-order valence-electron chi connectivity index (χ2n) is 2.63. The van der Waals surface area contributed by atoms with Crippen LogP contribution in [0.15, 0.2) is 18.2 Å². The van der Waals surface area contributed by atoms with Gasteiger partial charge in [0.25, 0.3) is 0 Å². The van der Waals surface area contributed by atoms with Crippen LogP contribution in [0.2, 0.25) is 0 Å². The molecule has 61 valence electrons. The maximum absolute atomic E-state index is 5.02. The summed E-state index contributed by atoms with van der Waals surface area (Å²) in [6, 6.07) is 5.95. The molecule has 1 aromatic carbocycles. The maximum atomic E-state index is 5.02. The third-order valence-electron chi connectivity index (χ3n) is 1.87. The van der Waals surface area contributed by atoms with Crippen LogP contribution in [0.1, 0.15) is 5.56 Å². The van der Waals surface area contributed by atoms with Crippen LogP contribution in [-0.2, 0) is 0 Å². The van der Waals surface area contributed by atoms with Crippen molar-refractivity contribution in [3.63, 3.8) is 0 Å². The highest BCUT2D eigenvalue weighted by Gasteiger charge is 2.03. The highest BCUT2D eigenvalue weighted by atomic mass is 16.6. The van der Waals surface area contributed by atoms with Gasteiger partial charge in [0.2, 0.25) is 6.33 Å². The molecule has 0 saturated carbocycles. The zero-order valence-electron chi connectivity index (χ0n) is 7.03. The zero-order chi connectivity index (χ0) is 8.55. The van der Waals surface area contributed by atoms with Crippen molar-refractivity contribution in [3.8, 4) is 0 Å². The van der Waals surface area contributed by atoms with Crippen molar-refractivity contribution >= 4 is 11.0 Å². The molecular formula is C9H9N2O. The van der Waals surface area contributed by atoms with E-state index >= 15 is 0 Å². The molecular weight excluding hydrogens is 152 g/mol. The van der Waals surface area contributed by atoms with Crippen LogP contribution in [0.5, 0.6) is 0 Å². The number of imidazole rings is 1. The lowest BCUT2D eigenvalue weighted by Gasteiger charge is -1.99. The molecule has 2 aromatic rings. The quantitative estimate of drug-likeness (QED) is 0.628. The number of rotatable bonds is 1. The highest BCUT2D eigenvalue weighted by Crippen LogP contribution is 2.14. The topological polar surface area (TPSA) is 27.1 Å². The lowest BCUT2D eigenvalue weighted by molar-refractivity contribution is 0.175. The second kappa shape index (κ2) is 2.52. The highest BCUT2D eigenvalue weighted by molar-refractivity contribution is 5.78. The molecule has 0 bridgehead atoms. The number of hydrogen-bond acceptors (Lipinski definition) is 2. The van der Waals surface area contributed by atoms with Crippen LogP contribution in [0.25, 0.3) is 11.0 Å². The van der Waals surface area contributed by atoms with Crippen molar-refractivity contribution < 1.29 is 4.84 Å². The number of aromatic nitrogens is 2. The van der Waals surface area contributed by atoms with Gasteiger partial charge in [-0.05, 0) is 18.6 Å². The minimum Gasteiger partial charge on any atom is -0.415 e. The van der Waals surface area contributed by atoms with Crippen LogP contribution in [0.4, 0.5) is 0 Å². The minimum atomic E-state index is 0.944. The Hall–Kier alpha value is -1.51. The number of benzene rings is 1. The number of fused-ring (bicyclic) bond motifs is 1. The molecule has 1 radical (unpaired) electrons. The maximum Gasteiger partial charge on any atom is 0.216 e. The average Bonchev–Trinajstić information content (AvgIpc) is 2.49. The van der Waals surface area contributed by atoms with Gasteiger partial charge in [-0.2, -0.15) is 4.73 Å². The lowest BCUT2D eigenvalue weighted by atomic mass is 10.2. The van der Waals surface area contributed by atoms with E-state index in [4.69, 9.17) is 4.84 Å². The van der Waals surface area contributed by atoms with Crippen molar-refractivity contribution in [2.45, 2.75) is 6.92 Å². The molecule has 0 fully saturated rings. The molecule has 1 heterocycles. The standard InChI is InChI=1S/C9H9N2O/c1-7-4-3-5-8-9(7)10-6-11(8)12-2/h3-5H,1-2H3. The summed E-state index contributed by atoms with van der Waals surface area (Å²) < 4.78 is 1.53. The SMILES string of the molecule is COn1[c]nc2c(C)cccc21. The van der Waals surface area contributed by atoms with Gasteiger partial charge in [-0.1, -0.05) is 12.1 Å². The predicted octanol–water partition coefficient (Wildman–Crippen LogP) is 1.20. The number of aryl methyl sites for hydroxylation is 1. The summed E-state index contributed by atoms with van der Waals surface area (Å²) in [5.74, 6) is 0. The third kappa shape index (κ3) is 0.863. The van der Waals surface area contributed by atoms with Gasteiger partial charge in [-0.3, -0.25) is 0 Å². The summed E-state index contributed by atoms with van der Waals surface area (Å²) in [4.78, 5) is 9.12. The fourth-order valence-corrected chi connectivity index (χ4v) is 1.24. The Morgan fingerprint density at radius 1 is 1.50 bits per heavy atom. The Balaban J connectivity index is 2.80. The van der Waals surface area contributed by atoms with Crippen LogP contribution in [0.3, 0.4) is 0 Å². The monoisotopic (exact) mass is 161 g/mol. The molecule has 3 heteroatoms. The summed E-state index contributed by atoms with van der Waals surface area (Å²) in [5, 5.41) is 0. The molecule has 0 aliphatic heterocycles. The van der Waals surface area contributed by atoms with E-state index < -0.39 is 0 Å². The Labute approximate surface area is 70.5 Å². The number of para-hydroxylation sites is 1. The van der Waals surface area contributed by atoms with Crippen molar-refractivity contribution in [1.82, 2.24) is 9.71 Å². The molecule has 2 rings (SSSR count). The normalized spacial score (nSPS) is 10.5. The van der Waals surface area contributed by atoms with Gasteiger partial charge < -0.3 is 4.84 Å². The first-order chi connectivity index (χ1) is 5.83. The van der Waals surface area contributed by atoms with Gasteiger partial charge in [0, 0.05) is 0 Å². The minimum absolute atomic E-state index is 0.944. The summed E-state index contributed by atoms with van der Waals surface area (Å²) in [6.07, 6.45) is 2.75. The summed E-state index contributed by atoms with van der Waals surface area (Å²) in [6.45, 7) is 2.02. The van der Waals surface area contributed by atoms with Gasteiger partial charge in [0.1, 0.15) is 12.6 Å². The fraction of sp³-hybridized carbons (Fsp3) is 0.222. The largest absolute Gasteiger partial charge is 0.415 e. The molecule has 1 aromatic heterocycles. The van der Waals surface area contributed by atoms with E-state index in [-0.39, 0.29) is 0 Å². The molecule has 0 unspecified atom stereocenters. The van der Waals surface area contributed by atoms with E-state index in [2.05, 4.69) is 11.3 Å². The molecule has 3 nitrogen and oxygen atoms in total. The lowest BCUT2D eigenvalue weighted by Crippen LogP contribution is -2.03. The van der Waals surface area contributed by atoms with Gasteiger partial charge in [-0.15, -0.1) is 0 Å². The number of hydrogen-bond donors (Lipinski definition) is 0. The summed E-state index contributed by atoms with van der Waals surface area (Å²) >= 11 is 0. The first-order valence-electron chi connectivity index (χ1n) is 3.73. The van der Waals surface area contributed by atoms with E-state index in [0.29, 0.717) is 0 Å². The second-order valence-corrected chi connectivity index (χ2v) is 2.63. The Morgan fingerprint density at radius 3 is 3.08 bits per heavy atom. The van der Waals surface area contributed by atoms with Gasteiger partial charge >= 0.3 is 0 Å². The van der Waals surface area contributed by atoms with E-state index in [0.717, 1.165) is 16.6 Å². The molecule has 12 heavy (non-hydrogen) atoms. The Kier molecular flexibility index (Phi) is 1.50. The van der Waals surface area contributed by atoms with E-state index in [1.807, 2.05) is 25.1 Å². The van der Waals surface area contributed by atoms with E-state index in [9.17, 15) is 0 Å². The van der Waals surface area contributed by atoms with Crippen molar-refractivity contribution in [3.05, 3.63) is 30.1 Å². The van der Waals surface area contributed by atoms with Crippen LogP contribution in [0, 0.1) is 13.3 Å². The molecule has 0 spiro atoms. The molecule has 0 amide bonds. The molecule has 0 aliphatic rings. The van der Waals surface area contributed by atoms with Gasteiger partial charge in [-0.25, -0.2) is 4.98 Å². The summed E-state index contributed by atoms with van der Waals surface area (Å²) in [7, 11) is 1.60. The fourth-order valence-electron chi connectivity index (χ4n) is 1.24. The molecule has 0 aliphatic carbocycles. The van der Waals surface area contributed by atoms with Gasteiger partial charge in [0.15, 0.2) is 0 Å². The third-order valence-corrected chi connectivity index (χ3v) is 1.87. The molecule has 0 N–H and O–H groups in total. The van der Waals surface area contributed by atoms with Crippen LogP contribution < -0.4 is 4.84 Å². The van der Waals surface area contributed by atoms with E-state index in [1.54, 1.807) is 7.11 Å². The smallest absolute Gasteiger partial charge is 0.216 e. The first kappa shape index (κ1) is 7.16. The number of nitrogens with zero attached hydrogens (tertiary/aromatic N) is 2. The van der Waals surface area contributed by atoms with Crippen molar-refractivity contribution in [2.24, 2.45) is 0 Å². The van der Waals surface area contributed by atoms with E-state index in [1.165, 1.54) is 4.73 Å². The van der Waals surface area contributed by atoms with Crippen molar-refractivity contribution in [1.29, 1.82) is 0 Å². The first-order valence-corrected chi connectivity index (χ1v) is 3.73. The Morgan fingerprint density at radius 2 is 2.33 bits per heavy atom. The molecule has 0 atom stereocenters. The van der Waals surface area contributed by atoms with Gasteiger partial charge in [0.05, 0.1) is 5.52 Å².